The lowest BCUT2D eigenvalue weighted by Crippen LogP contribution is -2.42. The van der Waals surface area contributed by atoms with Crippen molar-refractivity contribution in [3.05, 3.63) is 23.8 Å². The summed E-state index contributed by atoms with van der Waals surface area (Å²) in [7, 11) is 1.72. The number of likely N-dealkylation sites (N-methyl/N-ethyl adjacent to an activating group) is 1. The van der Waals surface area contributed by atoms with Gasteiger partial charge in [-0.25, -0.2) is 4.79 Å². The van der Waals surface area contributed by atoms with E-state index in [4.69, 9.17) is 5.73 Å². The molecule has 6 heteroatoms. The monoisotopic (exact) mass is 291 g/mol. The van der Waals surface area contributed by atoms with Crippen LogP contribution in [0.15, 0.2) is 18.2 Å². The van der Waals surface area contributed by atoms with Gasteiger partial charge in [-0.1, -0.05) is 0 Å². The maximum absolute atomic E-state index is 12.2. The minimum Gasteiger partial charge on any atom is -0.478 e. The molecule has 0 saturated carbocycles. The summed E-state index contributed by atoms with van der Waals surface area (Å²) in [6.45, 7) is 1.75. The maximum Gasteiger partial charge on any atom is 0.337 e. The van der Waals surface area contributed by atoms with Gasteiger partial charge in [0.05, 0.1) is 17.8 Å². The second-order valence-corrected chi connectivity index (χ2v) is 5.38. The third kappa shape index (κ3) is 3.65. The molecule has 1 aliphatic heterocycles. The number of aromatic carboxylic acids is 1. The average Bonchev–Trinajstić information content (AvgIpc) is 2.47. The number of hydrogen-bond acceptors (Lipinski definition) is 4. The highest BCUT2D eigenvalue weighted by molar-refractivity contribution is 5.96. The Morgan fingerprint density at radius 3 is 2.57 bits per heavy atom. The Morgan fingerprint density at radius 2 is 1.95 bits per heavy atom. The molecular weight excluding hydrogens is 270 g/mol. The molecule has 1 aliphatic rings. The number of anilines is 2. The molecule has 21 heavy (non-hydrogen) atoms. The van der Waals surface area contributed by atoms with Gasteiger partial charge in [0.2, 0.25) is 5.91 Å². The van der Waals surface area contributed by atoms with Crippen molar-refractivity contribution in [3.63, 3.8) is 0 Å². The first-order valence-corrected chi connectivity index (χ1v) is 7.11. The summed E-state index contributed by atoms with van der Waals surface area (Å²) in [5.74, 6) is -1.01. The van der Waals surface area contributed by atoms with Crippen LogP contribution < -0.4 is 10.6 Å². The fourth-order valence-electron chi connectivity index (χ4n) is 2.59. The van der Waals surface area contributed by atoms with Crippen LogP contribution in [0.5, 0.6) is 0 Å². The third-order valence-corrected chi connectivity index (χ3v) is 3.74. The number of amides is 1. The molecule has 0 unspecified atom stereocenters. The van der Waals surface area contributed by atoms with Crippen LogP contribution in [0.3, 0.4) is 0 Å². The molecule has 114 valence electrons. The number of carbonyl (C=O) groups is 2. The van der Waals surface area contributed by atoms with Crippen molar-refractivity contribution in [2.75, 3.05) is 37.3 Å². The van der Waals surface area contributed by atoms with Gasteiger partial charge in [-0.3, -0.25) is 4.79 Å². The zero-order chi connectivity index (χ0) is 15.4. The number of nitrogens with zero attached hydrogens (tertiary/aromatic N) is 2. The highest BCUT2D eigenvalue weighted by atomic mass is 16.4. The van der Waals surface area contributed by atoms with Crippen LogP contribution in [0, 0.1) is 0 Å². The summed E-state index contributed by atoms with van der Waals surface area (Å²) in [5, 5.41) is 9.24. The van der Waals surface area contributed by atoms with E-state index in [9.17, 15) is 14.7 Å². The first-order chi connectivity index (χ1) is 9.99. The topological polar surface area (TPSA) is 86.9 Å². The molecule has 1 fully saturated rings. The molecule has 1 aromatic carbocycles. The van der Waals surface area contributed by atoms with E-state index in [1.165, 1.54) is 12.5 Å². The zero-order valence-corrected chi connectivity index (χ0v) is 12.2. The summed E-state index contributed by atoms with van der Waals surface area (Å²) in [6, 6.07) is 4.70. The minimum atomic E-state index is -1.05. The van der Waals surface area contributed by atoms with Crippen molar-refractivity contribution in [1.29, 1.82) is 0 Å². The normalized spacial score (nSPS) is 14.8. The van der Waals surface area contributed by atoms with E-state index in [0.717, 1.165) is 25.9 Å². The van der Waals surface area contributed by atoms with E-state index in [1.807, 2.05) is 4.90 Å². The number of likely N-dealkylation sites (tertiary alicyclic amines) is 1. The summed E-state index contributed by atoms with van der Waals surface area (Å²) in [6.07, 6.45) is 3.25. The molecule has 0 aromatic heterocycles. The van der Waals surface area contributed by atoms with Crippen LogP contribution in [-0.2, 0) is 4.79 Å². The number of benzene rings is 1. The standard InChI is InChI=1S/C15H21N3O3/c1-17(10-14(19)18-7-3-2-4-8-18)13-6-5-11(16)9-12(13)15(20)21/h5-6,9H,2-4,7-8,10,16H2,1H3,(H,20,21). The van der Waals surface area contributed by atoms with Gasteiger partial charge in [-0.05, 0) is 37.5 Å². The molecule has 1 amide bonds. The summed E-state index contributed by atoms with van der Waals surface area (Å²) >= 11 is 0. The Kier molecular flexibility index (Phi) is 4.67. The Labute approximate surface area is 124 Å². The largest absolute Gasteiger partial charge is 0.478 e. The Morgan fingerprint density at radius 1 is 1.29 bits per heavy atom. The number of carboxylic acid groups (broad SMARTS) is 1. The maximum atomic E-state index is 12.2. The molecule has 1 saturated heterocycles. The molecule has 0 radical (unpaired) electrons. The van der Waals surface area contributed by atoms with Crippen molar-refractivity contribution in [2.45, 2.75) is 19.3 Å². The van der Waals surface area contributed by atoms with E-state index in [1.54, 1.807) is 24.1 Å². The Balaban J connectivity index is 2.11. The van der Waals surface area contributed by atoms with Crippen LogP contribution in [-0.4, -0.2) is 48.6 Å². The van der Waals surface area contributed by atoms with Crippen LogP contribution in [0.25, 0.3) is 0 Å². The van der Waals surface area contributed by atoms with Gasteiger partial charge in [0.15, 0.2) is 0 Å². The Bertz CT molecular complexity index is 539. The second kappa shape index (κ2) is 6.47. The number of nitrogen functional groups attached to an aromatic ring is 1. The number of hydrogen-bond donors (Lipinski definition) is 2. The number of piperidine rings is 1. The van der Waals surface area contributed by atoms with Gasteiger partial charge < -0.3 is 20.6 Å². The molecule has 1 heterocycles. The molecule has 3 N–H and O–H groups in total. The smallest absolute Gasteiger partial charge is 0.337 e. The lowest BCUT2D eigenvalue weighted by atomic mass is 10.1. The number of nitrogens with two attached hydrogens (primary N) is 1. The number of rotatable bonds is 4. The van der Waals surface area contributed by atoms with Gasteiger partial charge in [-0.15, -0.1) is 0 Å². The SMILES string of the molecule is CN(CC(=O)N1CCCCC1)c1ccc(N)cc1C(=O)O. The van der Waals surface area contributed by atoms with Crippen molar-refractivity contribution >= 4 is 23.3 Å². The van der Waals surface area contributed by atoms with Gasteiger partial charge in [0, 0.05) is 25.8 Å². The molecule has 0 bridgehead atoms. The van der Waals surface area contributed by atoms with Crippen molar-refractivity contribution in [3.8, 4) is 0 Å². The summed E-state index contributed by atoms with van der Waals surface area (Å²) in [4.78, 5) is 27.0. The number of carboxylic acids is 1. The van der Waals surface area contributed by atoms with Crippen molar-refractivity contribution in [2.24, 2.45) is 0 Å². The summed E-state index contributed by atoms with van der Waals surface area (Å²) < 4.78 is 0. The first kappa shape index (κ1) is 15.2. The predicted octanol–water partition coefficient (Wildman–Crippen LogP) is 1.42. The van der Waals surface area contributed by atoms with Gasteiger partial charge in [-0.2, -0.15) is 0 Å². The zero-order valence-electron chi connectivity index (χ0n) is 12.2. The van der Waals surface area contributed by atoms with Gasteiger partial charge in [0.25, 0.3) is 0 Å². The minimum absolute atomic E-state index is 0.0327. The molecule has 6 nitrogen and oxygen atoms in total. The Hall–Kier alpha value is -2.24. The van der Waals surface area contributed by atoms with Crippen LogP contribution in [0.2, 0.25) is 0 Å². The lowest BCUT2D eigenvalue weighted by molar-refractivity contribution is -0.130. The molecule has 2 rings (SSSR count). The average molecular weight is 291 g/mol. The van der Waals surface area contributed by atoms with Crippen LogP contribution in [0.4, 0.5) is 11.4 Å². The lowest BCUT2D eigenvalue weighted by Gasteiger charge is -2.29. The second-order valence-electron chi connectivity index (χ2n) is 5.38. The van der Waals surface area contributed by atoms with E-state index in [2.05, 4.69) is 0 Å². The van der Waals surface area contributed by atoms with E-state index >= 15 is 0 Å². The third-order valence-electron chi connectivity index (χ3n) is 3.74. The molecule has 0 spiro atoms. The first-order valence-electron chi connectivity index (χ1n) is 7.11. The molecule has 0 aliphatic carbocycles. The number of carbonyl (C=O) groups excluding carboxylic acids is 1. The summed E-state index contributed by atoms with van der Waals surface area (Å²) in [5.41, 5.74) is 6.64. The van der Waals surface area contributed by atoms with Gasteiger partial charge >= 0.3 is 5.97 Å². The highest BCUT2D eigenvalue weighted by Crippen LogP contribution is 2.22. The van der Waals surface area contributed by atoms with Crippen LogP contribution in [0.1, 0.15) is 29.6 Å². The van der Waals surface area contributed by atoms with Crippen molar-refractivity contribution in [1.82, 2.24) is 4.90 Å². The fourth-order valence-corrected chi connectivity index (χ4v) is 2.59. The molecule has 1 aromatic rings. The van der Waals surface area contributed by atoms with Crippen molar-refractivity contribution < 1.29 is 14.7 Å². The van der Waals surface area contributed by atoms with Crippen LogP contribution >= 0.6 is 0 Å². The fraction of sp³-hybridized carbons (Fsp3) is 0.467. The molecular formula is C15H21N3O3. The van der Waals surface area contributed by atoms with E-state index in [0.29, 0.717) is 11.4 Å². The van der Waals surface area contributed by atoms with Gasteiger partial charge in [0.1, 0.15) is 0 Å². The highest BCUT2D eigenvalue weighted by Gasteiger charge is 2.20. The predicted molar refractivity (Wildman–Crippen MR) is 81.5 cm³/mol. The van der Waals surface area contributed by atoms with E-state index in [-0.39, 0.29) is 18.0 Å². The quantitative estimate of drug-likeness (QED) is 0.819. The molecule has 0 atom stereocenters. The van der Waals surface area contributed by atoms with E-state index < -0.39 is 5.97 Å².